The summed E-state index contributed by atoms with van der Waals surface area (Å²) in [6.07, 6.45) is 3.18. The third-order valence-electron chi connectivity index (χ3n) is 4.05. The zero-order valence-corrected chi connectivity index (χ0v) is 16.3. The second kappa shape index (κ2) is 7.47. The Labute approximate surface area is 157 Å². The van der Waals surface area contributed by atoms with E-state index in [2.05, 4.69) is 0 Å². The molecule has 0 N–H and O–H groups in total. The Morgan fingerprint density at radius 3 is 2.68 bits per heavy atom. The largest absolute Gasteiger partial charge is 0.494 e. The van der Waals surface area contributed by atoms with Crippen LogP contribution in [0.3, 0.4) is 0 Å². The lowest BCUT2D eigenvalue weighted by Crippen LogP contribution is -2.39. The Morgan fingerprint density at radius 2 is 2.08 bits per heavy atom. The van der Waals surface area contributed by atoms with Crippen LogP contribution in [0.25, 0.3) is 6.08 Å². The lowest BCUT2D eigenvalue weighted by Gasteiger charge is -2.20. The van der Waals surface area contributed by atoms with Gasteiger partial charge in [0.15, 0.2) is 9.84 Å². The standard InChI is InChI=1S/C17H19NO4S3/c1-2-8-22-14-5-3-12(4-6-14)10-15-16(19)18(17(23)24-15)13-7-9-25(20,21)11-13/h3-6,10,13H,2,7-9,11H2,1H3/b15-10-. The van der Waals surface area contributed by atoms with Crippen LogP contribution in [0, 0.1) is 0 Å². The first kappa shape index (κ1) is 18.4. The van der Waals surface area contributed by atoms with Crippen LogP contribution in [0.15, 0.2) is 29.2 Å². The van der Waals surface area contributed by atoms with Crippen molar-refractivity contribution in [2.24, 2.45) is 0 Å². The van der Waals surface area contributed by atoms with Gasteiger partial charge in [-0.15, -0.1) is 0 Å². The van der Waals surface area contributed by atoms with Crippen molar-refractivity contribution in [1.29, 1.82) is 0 Å². The number of rotatable bonds is 5. The molecular formula is C17H19NO4S3. The molecule has 0 saturated carbocycles. The fourth-order valence-corrected chi connectivity index (χ4v) is 5.91. The van der Waals surface area contributed by atoms with Gasteiger partial charge in [-0.3, -0.25) is 9.69 Å². The van der Waals surface area contributed by atoms with Crippen molar-refractivity contribution in [1.82, 2.24) is 4.90 Å². The number of ether oxygens (including phenoxy) is 1. The van der Waals surface area contributed by atoms with E-state index in [4.69, 9.17) is 17.0 Å². The van der Waals surface area contributed by atoms with E-state index in [-0.39, 0.29) is 23.5 Å². The number of thiocarbonyl (C=S) groups is 1. The SMILES string of the molecule is CCCOc1ccc(/C=C2\SC(=S)N(C3CCS(=O)(=O)C3)C2=O)cc1. The van der Waals surface area contributed by atoms with Crippen molar-refractivity contribution in [3.05, 3.63) is 34.7 Å². The molecule has 2 saturated heterocycles. The quantitative estimate of drug-likeness (QED) is 0.562. The second-order valence-corrected chi connectivity index (χ2v) is 9.93. The molecule has 1 aromatic carbocycles. The smallest absolute Gasteiger partial charge is 0.266 e. The first-order chi connectivity index (χ1) is 11.9. The van der Waals surface area contributed by atoms with Crippen LogP contribution in [-0.4, -0.2) is 47.7 Å². The molecule has 8 heteroatoms. The van der Waals surface area contributed by atoms with Crippen molar-refractivity contribution in [2.75, 3.05) is 18.1 Å². The molecule has 0 aliphatic carbocycles. The van der Waals surface area contributed by atoms with E-state index in [1.807, 2.05) is 31.2 Å². The van der Waals surface area contributed by atoms with Crippen LogP contribution in [0.1, 0.15) is 25.3 Å². The van der Waals surface area contributed by atoms with Gasteiger partial charge < -0.3 is 4.74 Å². The zero-order valence-electron chi connectivity index (χ0n) is 13.8. The molecule has 5 nitrogen and oxygen atoms in total. The van der Waals surface area contributed by atoms with Gasteiger partial charge in [0.05, 0.1) is 29.1 Å². The average molecular weight is 398 g/mol. The molecule has 25 heavy (non-hydrogen) atoms. The summed E-state index contributed by atoms with van der Waals surface area (Å²) < 4.78 is 29.3. The Bertz CT molecular complexity index is 815. The average Bonchev–Trinajstić information content (AvgIpc) is 3.05. The summed E-state index contributed by atoms with van der Waals surface area (Å²) in [5, 5.41) is 0. The van der Waals surface area contributed by atoms with Gasteiger partial charge in [-0.1, -0.05) is 43.0 Å². The molecule has 2 fully saturated rings. The Kier molecular flexibility index (Phi) is 5.50. The van der Waals surface area contributed by atoms with Gasteiger partial charge in [-0.2, -0.15) is 0 Å². The number of hydrogen-bond donors (Lipinski definition) is 0. The highest BCUT2D eigenvalue weighted by Crippen LogP contribution is 2.36. The van der Waals surface area contributed by atoms with Crippen LogP contribution in [0.5, 0.6) is 5.75 Å². The molecular weight excluding hydrogens is 378 g/mol. The van der Waals surface area contributed by atoms with E-state index in [0.717, 1.165) is 17.7 Å². The van der Waals surface area contributed by atoms with Gasteiger partial charge in [0.2, 0.25) is 0 Å². The minimum Gasteiger partial charge on any atom is -0.494 e. The van der Waals surface area contributed by atoms with Crippen molar-refractivity contribution in [2.45, 2.75) is 25.8 Å². The number of benzene rings is 1. The third-order valence-corrected chi connectivity index (χ3v) is 7.13. The summed E-state index contributed by atoms with van der Waals surface area (Å²) in [5.74, 6) is 0.703. The fraction of sp³-hybridized carbons (Fsp3) is 0.412. The molecule has 1 unspecified atom stereocenters. The molecule has 134 valence electrons. The third kappa shape index (κ3) is 4.24. The predicted molar refractivity (Wildman–Crippen MR) is 104 cm³/mol. The Balaban J connectivity index is 1.74. The van der Waals surface area contributed by atoms with Gasteiger partial charge in [-0.05, 0) is 36.6 Å². The minimum absolute atomic E-state index is 0.00379. The molecule has 1 aromatic rings. The summed E-state index contributed by atoms with van der Waals surface area (Å²) >= 11 is 6.53. The van der Waals surface area contributed by atoms with Gasteiger partial charge in [0.25, 0.3) is 5.91 Å². The molecule has 0 spiro atoms. The fourth-order valence-electron chi connectivity index (χ4n) is 2.81. The van der Waals surface area contributed by atoms with E-state index in [9.17, 15) is 13.2 Å². The van der Waals surface area contributed by atoms with Crippen molar-refractivity contribution < 1.29 is 17.9 Å². The second-order valence-electron chi connectivity index (χ2n) is 6.03. The molecule has 2 heterocycles. The molecule has 1 amide bonds. The topological polar surface area (TPSA) is 63.7 Å². The van der Waals surface area contributed by atoms with Gasteiger partial charge in [-0.25, -0.2) is 8.42 Å². The van der Waals surface area contributed by atoms with Gasteiger partial charge >= 0.3 is 0 Å². The molecule has 0 bridgehead atoms. The summed E-state index contributed by atoms with van der Waals surface area (Å²) in [4.78, 5) is 14.6. The maximum absolute atomic E-state index is 12.7. The zero-order chi connectivity index (χ0) is 18.0. The van der Waals surface area contributed by atoms with Crippen LogP contribution in [-0.2, 0) is 14.6 Å². The van der Waals surface area contributed by atoms with Crippen molar-refractivity contribution in [3.8, 4) is 5.75 Å². The van der Waals surface area contributed by atoms with Crippen molar-refractivity contribution in [3.63, 3.8) is 0 Å². The van der Waals surface area contributed by atoms with E-state index < -0.39 is 9.84 Å². The number of carbonyl (C=O) groups excluding carboxylic acids is 1. The lowest BCUT2D eigenvalue weighted by atomic mass is 10.2. The minimum atomic E-state index is -3.06. The predicted octanol–water partition coefficient (Wildman–Crippen LogP) is 2.86. The number of sulfone groups is 1. The van der Waals surface area contributed by atoms with E-state index in [0.29, 0.717) is 22.3 Å². The molecule has 2 aliphatic rings. The highest BCUT2D eigenvalue weighted by atomic mass is 32.2. The van der Waals surface area contributed by atoms with Crippen LogP contribution in [0.2, 0.25) is 0 Å². The van der Waals surface area contributed by atoms with Gasteiger partial charge in [0, 0.05) is 0 Å². The molecule has 2 aliphatic heterocycles. The number of nitrogens with zero attached hydrogens (tertiary/aromatic N) is 1. The maximum atomic E-state index is 12.7. The molecule has 0 radical (unpaired) electrons. The number of carbonyl (C=O) groups is 1. The highest BCUT2D eigenvalue weighted by Gasteiger charge is 2.42. The van der Waals surface area contributed by atoms with E-state index in [1.54, 1.807) is 6.08 Å². The normalized spacial score (nSPS) is 24.3. The highest BCUT2D eigenvalue weighted by molar-refractivity contribution is 8.26. The monoisotopic (exact) mass is 397 g/mol. The summed E-state index contributed by atoms with van der Waals surface area (Å²) in [7, 11) is -3.06. The summed E-state index contributed by atoms with van der Waals surface area (Å²) in [6, 6.07) is 7.17. The van der Waals surface area contributed by atoms with Crippen LogP contribution >= 0.6 is 24.0 Å². The number of hydrogen-bond acceptors (Lipinski definition) is 6. The molecule has 3 rings (SSSR count). The lowest BCUT2D eigenvalue weighted by molar-refractivity contribution is -0.123. The van der Waals surface area contributed by atoms with E-state index >= 15 is 0 Å². The number of amides is 1. The Hall–Kier alpha value is -1.38. The Morgan fingerprint density at radius 1 is 1.36 bits per heavy atom. The van der Waals surface area contributed by atoms with Gasteiger partial charge in [0.1, 0.15) is 10.1 Å². The summed E-state index contributed by atoms with van der Waals surface area (Å²) in [6.45, 7) is 2.72. The van der Waals surface area contributed by atoms with E-state index in [1.165, 1.54) is 16.7 Å². The first-order valence-corrected chi connectivity index (χ1v) is 11.1. The summed E-state index contributed by atoms with van der Waals surface area (Å²) in [5.41, 5.74) is 0.878. The maximum Gasteiger partial charge on any atom is 0.266 e. The van der Waals surface area contributed by atoms with Crippen molar-refractivity contribution >= 4 is 50.1 Å². The molecule has 1 atom stereocenters. The molecule has 0 aromatic heterocycles. The first-order valence-electron chi connectivity index (χ1n) is 8.10. The van der Waals surface area contributed by atoms with Crippen LogP contribution in [0.4, 0.5) is 0 Å². The van der Waals surface area contributed by atoms with Crippen LogP contribution < -0.4 is 4.74 Å². The number of thioether (sulfide) groups is 1.